The first-order chi connectivity index (χ1) is 9.70. The first-order valence-electron chi connectivity index (χ1n) is 8.10. The number of aromatic nitrogens is 1. The highest BCUT2D eigenvalue weighted by Crippen LogP contribution is 2.37. The van der Waals surface area contributed by atoms with Gasteiger partial charge in [-0.25, -0.2) is 0 Å². The van der Waals surface area contributed by atoms with Gasteiger partial charge in [-0.1, -0.05) is 19.9 Å². The van der Waals surface area contributed by atoms with Crippen molar-refractivity contribution in [3.63, 3.8) is 0 Å². The standard InChI is InChI=1S/C17H27N3/c1-13(2)9-18-10-15-4-3-5-16(19-15)12-20-11-14-6-7-17(20)8-14/h3-5,13-14,17-18H,6-12H2,1-2H3. The van der Waals surface area contributed by atoms with E-state index in [-0.39, 0.29) is 0 Å². The molecule has 3 nitrogen and oxygen atoms in total. The minimum absolute atomic E-state index is 0.693. The molecule has 0 radical (unpaired) electrons. The van der Waals surface area contributed by atoms with Crippen molar-refractivity contribution >= 4 is 0 Å². The van der Waals surface area contributed by atoms with Crippen LogP contribution in [0.2, 0.25) is 0 Å². The summed E-state index contributed by atoms with van der Waals surface area (Å²) in [6.07, 6.45) is 4.28. The maximum atomic E-state index is 4.81. The van der Waals surface area contributed by atoms with E-state index < -0.39 is 0 Å². The zero-order valence-corrected chi connectivity index (χ0v) is 12.8. The molecule has 2 heterocycles. The van der Waals surface area contributed by atoms with Gasteiger partial charge in [0.25, 0.3) is 0 Å². The third-order valence-electron chi connectivity index (χ3n) is 4.61. The molecule has 0 aromatic carbocycles. The molecule has 0 amide bonds. The van der Waals surface area contributed by atoms with E-state index in [9.17, 15) is 0 Å². The normalized spacial score (nSPS) is 25.8. The van der Waals surface area contributed by atoms with Crippen LogP contribution in [0.1, 0.15) is 44.5 Å². The van der Waals surface area contributed by atoms with Crippen LogP contribution >= 0.6 is 0 Å². The topological polar surface area (TPSA) is 28.2 Å². The Bertz CT molecular complexity index is 444. The summed E-state index contributed by atoms with van der Waals surface area (Å²) >= 11 is 0. The average Bonchev–Trinajstić information content (AvgIpc) is 3.01. The maximum absolute atomic E-state index is 4.81. The minimum atomic E-state index is 0.693. The van der Waals surface area contributed by atoms with Gasteiger partial charge in [0.05, 0.1) is 11.4 Å². The van der Waals surface area contributed by atoms with Crippen LogP contribution in [-0.2, 0) is 13.1 Å². The van der Waals surface area contributed by atoms with E-state index >= 15 is 0 Å². The summed E-state index contributed by atoms with van der Waals surface area (Å²) in [5.41, 5.74) is 2.41. The van der Waals surface area contributed by atoms with Crippen molar-refractivity contribution in [2.24, 2.45) is 11.8 Å². The quantitative estimate of drug-likeness (QED) is 0.864. The van der Waals surface area contributed by atoms with Crippen LogP contribution in [-0.4, -0.2) is 29.0 Å². The summed E-state index contributed by atoms with van der Waals surface area (Å²) in [5.74, 6) is 1.66. The monoisotopic (exact) mass is 273 g/mol. The lowest BCUT2D eigenvalue weighted by Crippen LogP contribution is -2.31. The molecule has 1 saturated carbocycles. The number of nitrogens with zero attached hydrogens (tertiary/aromatic N) is 2. The number of fused-ring (bicyclic) bond motifs is 2. The van der Waals surface area contributed by atoms with Gasteiger partial charge in [0.15, 0.2) is 0 Å². The Balaban J connectivity index is 1.54. The second kappa shape index (κ2) is 6.23. The van der Waals surface area contributed by atoms with Crippen LogP contribution in [0.5, 0.6) is 0 Å². The zero-order valence-electron chi connectivity index (χ0n) is 12.8. The van der Waals surface area contributed by atoms with Crippen LogP contribution in [0.3, 0.4) is 0 Å². The smallest absolute Gasteiger partial charge is 0.0547 e. The summed E-state index contributed by atoms with van der Waals surface area (Å²) in [5, 5.41) is 3.47. The number of piperidine rings is 1. The third-order valence-corrected chi connectivity index (χ3v) is 4.61. The van der Waals surface area contributed by atoms with E-state index in [2.05, 4.69) is 42.3 Å². The lowest BCUT2D eigenvalue weighted by atomic mass is 10.1. The number of likely N-dealkylation sites (tertiary alicyclic amines) is 1. The average molecular weight is 273 g/mol. The van der Waals surface area contributed by atoms with Crippen molar-refractivity contribution in [1.82, 2.24) is 15.2 Å². The van der Waals surface area contributed by atoms with E-state index in [1.807, 2.05) is 0 Å². The third kappa shape index (κ3) is 3.39. The van der Waals surface area contributed by atoms with Gasteiger partial charge >= 0.3 is 0 Å². The van der Waals surface area contributed by atoms with Crippen LogP contribution in [0.15, 0.2) is 18.2 Å². The Morgan fingerprint density at radius 2 is 2.15 bits per heavy atom. The Hall–Kier alpha value is -0.930. The number of nitrogens with one attached hydrogen (secondary N) is 1. The Kier molecular flexibility index (Phi) is 4.37. The van der Waals surface area contributed by atoms with E-state index in [0.29, 0.717) is 5.92 Å². The van der Waals surface area contributed by atoms with Crippen LogP contribution in [0.25, 0.3) is 0 Å². The first-order valence-corrected chi connectivity index (χ1v) is 8.10. The van der Waals surface area contributed by atoms with Crippen LogP contribution in [0, 0.1) is 11.8 Å². The molecule has 1 aliphatic carbocycles. The fourth-order valence-electron chi connectivity index (χ4n) is 3.63. The lowest BCUT2D eigenvalue weighted by Gasteiger charge is -2.26. The summed E-state index contributed by atoms with van der Waals surface area (Å²) in [4.78, 5) is 7.45. The van der Waals surface area contributed by atoms with Gasteiger partial charge in [-0.15, -0.1) is 0 Å². The molecule has 2 aliphatic rings. The molecule has 1 aromatic heterocycles. The predicted molar refractivity (Wildman–Crippen MR) is 82.3 cm³/mol. The van der Waals surface area contributed by atoms with E-state index in [0.717, 1.165) is 31.6 Å². The number of pyridine rings is 1. The van der Waals surface area contributed by atoms with Gasteiger partial charge < -0.3 is 5.32 Å². The van der Waals surface area contributed by atoms with Crippen LogP contribution < -0.4 is 5.32 Å². The summed E-state index contributed by atoms with van der Waals surface area (Å²) in [6, 6.07) is 7.30. The highest BCUT2D eigenvalue weighted by molar-refractivity contribution is 5.12. The number of hydrogen-bond donors (Lipinski definition) is 1. The van der Waals surface area contributed by atoms with Gasteiger partial charge in [-0.3, -0.25) is 9.88 Å². The predicted octanol–water partition coefficient (Wildman–Crippen LogP) is 2.81. The molecule has 0 spiro atoms. The Morgan fingerprint density at radius 3 is 2.85 bits per heavy atom. The van der Waals surface area contributed by atoms with Crippen molar-refractivity contribution in [2.75, 3.05) is 13.1 Å². The van der Waals surface area contributed by atoms with Crippen molar-refractivity contribution in [3.8, 4) is 0 Å². The molecular formula is C17H27N3. The molecule has 2 atom stereocenters. The zero-order chi connectivity index (χ0) is 13.9. The number of hydrogen-bond acceptors (Lipinski definition) is 3. The molecule has 3 heteroatoms. The fourth-order valence-corrected chi connectivity index (χ4v) is 3.63. The largest absolute Gasteiger partial charge is 0.311 e. The molecular weight excluding hydrogens is 246 g/mol. The molecule has 20 heavy (non-hydrogen) atoms. The minimum Gasteiger partial charge on any atom is -0.311 e. The Labute approximate surface area is 122 Å². The van der Waals surface area contributed by atoms with Crippen molar-refractivity contribution in [2.45, 2.75) is 52.2 Å². The second-order valence-electron chi connectivity index (χ2n) is 6.91. The van der Waals surface area contributed by atoms with Gasteiger partial charge in [0.1, 0.15) is 0 Å². The van der Waals surface area contributed by atoms with Gasteiger partial charge in [-0.2, -0.15) is 0 Å². The van der Waals surface area contributed by atoms with Crippen molar-refractivity contribution in [3.05, 3.63) is 29.6 Å². The second-order valence-corrected chi connectivity index (χ2v) is 6.91. The molecule has 2 unspecified atom stereocenters. The SMILES string of the molecule is CC(C)CNCc1cccc(CN2CC3CCC2C3)n1. The summed E-state index contributed by atoms with van der Waals surface area (Å²) < 4.78 is 0. The number of rotatable bonds is 6. The molecule has 2 bridgehead atoms. The highest BCUT2D eigenvalue weighted by Gasteiger charge is 2.37. The molecule has 1 saturated heterocycles. The van der Waals surface area contributed by atoms with Crippen molar-refractivity contribution in [1.29, 1.82) is 0 Å². The van der Waals surface area contributed by atoms with Crippen LogP contribution in [0.4, 0.5) is 0 Å². The van der Waals surface area contributed by atoms with Crippen molar-refractivity contribution < 1.29 is 0 Å². The van der Waals surface area contributed by atoms with E-state index in [1.54, 1.807) is 0 Å². The van der Waals surface area contributed by atoms with Gasteiger partial charge in [0, 0.05) is 25.7 Å². The van der Waals surface area contributed by atoms with E-state index in [1.165, 1.54) is 37.2 Å². The molecule has 1 aliphatic heterocycles. The Morgan fingerprint density at radius 1 is 1.30 bits per heavy atom. The molecule has 2 fully saturated rings. The van der Waals surface area contributed by atoms with Gasteiger partial charge in [0.2, 0.25) is 0 Å². The van der Waals surface area contributed by atoms with Gasteiger partial charge in [-0.05, 0) is 49.8 Å². The highest BCUT2D eigenvalue weighted by atomic mass is 15.2. The summed E-state index contributed by atoms with van der Waals surface area (Å²) in [7, 11) is 0. The molecule has 1 aromatic rings. The van der Waals surface area contributed by atoms with E-state index in [4.69, 9.17) is 4.98 Å². The summed E-state index contributed by atoms with van der Waals surface area (Å²) in [6.45, 7) is 8.75. The molecule has 3 rings (SSSR count). The molecule has 110 valence electrons. The first kappa shape index (κ1) is 14.0. The molecule has 1 N–H and O–H groups in total. The maximum Gasteiger partial charge on any atom is 0.0547 e. The fraction of sp³-hybridized carbons (Fsp3) is 0.706. The lowest BCUT2D eigenvalue weighted by molar-refractivity contribution is 0.203.